The van der Waals surface area contributed by atoms with Gasteiger partial charge in [-0.25, -0.2) is 8.78 Å². The van der Waals surface area contributed by atoms with E-state index in [1.54, 1.807) is 12.3 Å². The molecule has 3 nitrogen and oxygen atoms in total. The van der Waals surface area contributed by atoms with Crippen LogP contribution in [0.3, 0.4) is 0 Å². The highest BCUT2D eigenvalue weighted by atomic mass is 19.1. The number of benzene rings is 1. The lowest BCUT2D eigenvalue weighted by atomic mass is 10.1. The van der Waals surface area contributed by atoms with Crippen LogP contribution in [0.1, 0.15) is 30.2 Å². The van der Waals surface area contributed by atoms with E-state index < -0.39 is 11.6 Å². The van der Waals surface area contributed by atoms with Gasteiger partial charge in [-0.1, -0.05) is 0 Å². The first-order valence-corrected chi connectivity index (χ1v) is 6.74. The minimum atomic E-state index is -0.697. The highest BCUT2D eigenvalue weighted by Gasteiger charge is 2.12. The van der Waals surface area contributed by atoms with E-state index in [9.17, 15) is 8.78 Å². The molecule has 1 heterocycles. The molecular weight excluding hydrogens is 274 g/mol. The molecule has 21 heavy (non-hydrogen) atoms. The van der Waals surface area contributed by atoms with Crippen molar-refractivity contribution < 1.29 is 13.2 Å². The molecule has 0 radical (unpaired) electrons. The lowest BCUT2D eigenvalue weighted by Gasteiger charge is -2.14. The van der Waals surface area contributed by atoms with E-state index in [1.165, 1.54) is 0 Å². The Morgan fingerprint density at radius 2 is 2.05 bits per heavy atom. The van der Waals surface area contributed by atoms with Gasteiger partial charge in [-0.3, -0.25) is 0 Å². The van der Waals surface area contributed by atoms with Crippen molar-refractivity contribution in [2.45, 2.75) is 32.4 Å². The number of nitriles is 1. The van der Waals surface area contributed by atoms with Crippen molar-refractivity contribution in [2.24, 2.45) is 0 Å². The minimum Gasteiger partial charge on any atom is -0.469 e. The van der Waals surface area contributed by atoms with Crippen LogP contribution < -0.4 is 5.32 Å². The molecule has 5 heteroatoms. The van der Waals surface area contributed by atoms with Crippen LogP contribution in [-0.4, -0.2) is 6.04 Å². The van der Waals surface area contributed by atoms with E-state index in [-0.39, 0.29) is 23.7 Å². The summed E-state index contributed by atoms with van der Waals surface area (Å²) >= 11 is 0. The summed E-state index contributed by atoms with van der Waals surface area (Å²) in [5.74, 6) is -0.506. The van der Waals surface area contributed by atoms with Crippen molar-refractivity contribution in [1.82, 2.24) is 5.32 Å². The summed E-state index contributed by atoms with van der Waals surface area (Å²) in [6.07, 6.45) is 3.18. The predicted molar refractivity (Wildman–Crippen MR) is 74.4 cm³/mol. The summed E-state index contributed by atoms with van der Waals surface area (Å²) in [6, 6.07) is 7.64. The van der Waals surface area contributed by atoms with Crippen molar-refractivity contribution in [3.63, 3.8) is 0 Å². The summed E-state index contributed by atoms with van der Waals surface area (Å²) in [7, 11) is 0. The highest BCUT2D eigenvalue weighted by Crippen LogP contribution is 2.15. The van der Waals surface area contributed by atoms with E-state index in [2.05, 4.69) is 5.32 Å². The molecule has 0 bridgehead atoms. The molecule has 2 aromatic rings. The summed E-state index contributed by atoms with van der Waals surface area (Å²) in [6.45, 7) is 2.03. The van der Waals surface area contributed by atoms with Crippen molar-refractivity contribution in [2.75, 3.05) is 0 Å². The molecule has 0 fully saturated rings. The van der Waals surface area contributed by atoms with Gasteiger partial charge in [-0.2, -0.15) is 5.26 Å². The second-order valence-electron chi connectivity index (χ2n) is 4.93. The smallest absolute Gasteiger partial charge is 0.131 e. The zero-order valence-electron chi connectivity index (χ0n) is 11.7. The van der Waals surface area contributed by atoms with Crippen LogP contribution in [0.4, 0.5) is 8.78 Å². The Balaban J connectivity index is 1.89. The maximum absolute atomic E-state index is 13.7. The Bertz CT molecular complexity index is 609. The first kappa shape index (κ1) is 15.2. The quantitative estimate of drug-likeness (QED) is 0.885. The lowest BCUT2D eigenvalue weighted by Crippen LogP contribution is -2.27. The second kappa shape index (κ2) is 7.00. The Kier molecular flexibility index (Phi) is 5.07. The lowest BCUT2D eigenvalue weighted by molar-refractivity contribution is 0.450. The van der Waals surface area contributed by atoms with E-state index in [4.69, 9.17) is 9.68 Å². The van der Waals surface area contributed by atoms with E-state index >= 15 is 0 Å². The molecule has 0 aliphatic carbocycles. The second-order valence-corrected chi connectivity index (χ2v) is 4.93. The Morgan fingerprint density at radius 3 is 2.62 bits per heavy atom. The number of aryl methyl sites for hydroxylation is 1. The molecule has 1 aromatic heterocycles. The van der Waals surface area contributed by atoms with Crippen LogP contribution >= 0.6 is 0 Å². The molecule has 1 atom stereocenters. The van der Waals surface area contributed by atoms with Gasteiger partial charge in [-0.05, 0) is 37.6 Å². The molecule has 1 unspecified atom stereocenters. The van der Waals surface area contributed by atoms with Crippen LogP contribution in [0.2, 0.25) is 0 Å². The van der Waals surface area contributed by atoms with Crippen LogP contribution in [-0.2, 0) is 13.0 Å². The maximum Gasteiger partial charge on any atom is 0.131 e. The average Bonchev–Trinajstić information content (AvgIpc) is 2.97. The molecule has 1 N–H and O–H groups in total. The Hall–Kier alpha value is -2.19. The van der Waals surface area contributed by atoms with Gasteiger partial charge in [0.15, 0.2) is 0 Å². The fourth-order valence-corrected chi connectivity index (χ4v) is 2.03. The normalized spacial score (nSPS) is 12.1. The predicted octanol–water partition coefficient (Wildman–Crippen LogP) is 3.54. The monoisotopic (exact) mass is 290 g/mol. The van der Waals surface area contributed by atoms with Crippen molar-refractivity contribution in [3.8, 4) is 6.07 Å². The number of furan rings is 1. The molecule has 0 spiro atoms. The van der Waals surface area contributed by atoms with Crippen LogP contribution in [0.25, 0.3) is 0 Å². The summed E-state index contributed by atoms with van der Waals surface area (Å²) in [5.41, 5.74) is -0.0570. The van der Waals surface area contributed by atoms with Gasteiger partial charge >= 0.3 is 0 Å². The third-order valence-corrected chi connectivity index (χ3v) is 3.30. The summed E-state index contributed by atoms with van der Waals surface area (Å²) in [4.78, 5) is 0. The number of hydrogen-bond donors (Lipinski definition) is 1. The van der Waals surface area contributed by atoms with Gasteiger partial charge in [0.05, 0.1) is 17.9 Å². The summed E-state index contributed by atoms with van der Waals surface area (Å²) in [5, 5.41) is 11.7. The highest BCUT2D eigenvalue weighted by molar-refractivity contribution is 5.34. The largest absolute Gasteiger partial charge is 0.469 e. The van der Waals surface area contributed by atoms with Crippen LogP contribution in [0, 0.1) is 23.0 Å². The fraction of sp³-hybridized carbons (Fsp3) is 0.312. The molecule has 2 rings (SSSR count). The van der Waals surface area contributed by atoms with Crippen molar-refractivity contribution >= 4 is 0 Å². The molecule has 110 valence electrons. The Morgan fingerprint density at radius 1 is 1.33 bits per heavy atom. The SMILES string of the molecule is CC(CCc1ccco1)NCc1c(F)cc(C#N)cc1F. The third kappa shape index (κ3) is 4.14. The van der Waals surface area contributed by atoms with Gasteiger partial charge in [0.25, 0.3) is 0 Å². The molecular formula is C16H16F2N2O. The minimum absolute atomic E-state index is 0.0142. The number of rotatable bonds is 6. The van der Waals surface area contributed by atoms with E-state index in [0.717, 1.165) is 30.7 Å². The zero-order chi connectivity index (χ0) is 15.2. The van der Waals surface area contributed by atoms with Crippen LogP contribution in [0.15, 0.2) is 34.9 Å². The Labute approximate surface area is 122 Å². The molecule has 0 aliphatic rings. The summed E-state index contributed by atoms with van der Waals surface area (Å²) < 4.78 is 32.7. The van der Waals surface area contributed by atoms with Crippen molar-refractivity contribution in [3.05, 3.63) is 59.1 Å². The van der Waals surface area contributed by atoms with Gasteiger partial charge in [0.2, 0.25) is 0 Å². The average molecular weight is 290 g/mol. The van der Waals surface area contributed by atoms with Crippen molar-refractivity contribution in [1.29, 1.82) is 5.26 Å². The van der Waals surface area contributed by atoms with Gasteiger partial charge < -0.3 is 9.73 Å². The van der Waals surface area contributed by atoms with Gasteiger partial charge in [0, 0.05) is 24.6 Å². The van der Waals surface area contributed by atoms with Crippen LogP contribution in [0.5, 0.6) is 0 Å². The molecule has 0 amide bonds. The standard InChI is InChI=1S/C16H16F2N2O/c1-11(4-5-13-3-2-6-21-13)20-10-14-15(17)7-12(9-19)8-16(14)18/h2-3,6-8,11,20H,4-5,10H2,1H3. The molecule has 0 saturated carbocycles. The number of nitrogens with zero attached hydrogens (tertiary/aromatic N) is 1. The third-order valence-electron chi connectivity index (χ3n) is 3.30. The van der Waals surface area contributed by atoms with Gasteiger partial charge in [0.1, 0.15) is 17.4 Å². The first-order chi connectivity index (χ1) is 10.1. The van der Waals surface area contributed by atoms with E-state index in [0.29, 0.717) is 0 Å². The number of halogens is 2. The number of nitrogens with one attached hydrogen (secondary N) is 1. The molecule has 1 aromatic carbocycles. The van der Waals surface area contributed by atoms with E-state index in [1.807, 2.05) is 19.1 Å². The zero-order valence-corrected chi connectivity index (χ0v) is 11.7. The molecule has 0 saturated heterocycles. The number of hydrogen-bond acceptors (Lipinski definition) is 3. The maximum atomic E-state index is 13.7. The molecule has 0 aliphatic heterocycles. The first-order valence-electron chi connectivity index (χ1n) is 6.74. The fourth-order valence-electron chi connectivity index (χ4n) is 2.03. The van der Waals surface area contributed by atoms with Gasteiger partial charge in [-0.15, -0.1) is 0 Å². The topological polar surface area (TPSA) is 49.0 Å².